The summed E-state index contributed by atoms with van der Waals surface area (Å²) in [7, 11) is 0. The van der Waals surface area contributed by atoms with Gasteiger partial charge in [-0.3, -0.25) is 4.98 Å². The summed E-state index contributed by atoms with van der Waals surface area (Å²) >= 11 is 0. The molecule has 2 heterocycles. The van der Waals surface area contributed by atoms with Crippen LogP contribution in [-0.4, -0.2) is 11.5 Å². The highest BCUT2D eigenvalue weighted by atomic mass is 15.0. The third-order valence-corrected chi connectivity index (χ3v) is 3.80. The van der Waals surface area contributed by atoms with E-state index in [9.17, 15) is 0 Å². The van der Waals surface area contributed by atoms with Crippen molar-refractivity contribution in [2.75, 3.05) is 12.3 Å². The van der Waals surface area contributed by atoms with Gasteiger partial charge in [0.05, 0.1) is 0 Å². The SMILES string of the molecule is Nc1ccncc1C1(C2CC2)CCCN1. The summed E-state index contributed by atoms with van der Waals surface area (Å²) in [6, 6.07) is 1.92. The summed E-state index contributed by atoms with van der Waals surface area (Å²) in [5.41, 5.74) is 8.34. The Kier molecular flexibility index (Phi) is 1.96. The highest BCUT2D eigenvalue weighted by Crippen LogP contribution is 2.51. The predicted octanol–water partition coefficient (Wildman–Crippen LogP) is 1.65. The number of nitrogen functional groups attached to an aromatic ring is 1. The van der Waals surface area contributed by atoms with Gasteiger partial charge < -0.3 is 11.1 Å². The molecule has 80 valence electrons. The Hall–Kier alpha value is -1.09. The molecule has 3 N–H and O–H groups in total. The first kappa shape index (κ1) is 9.16. The van der Waals surface area contributed by atoms with Gasteiger partial charge >= 0.3 is 0 Å². The van der Waals surface area contributed by atoms with Gasteiger partial charge in [-0.15, -0.1) is 0 Å². The van der Waals surface area contributed by atoms with Crippen LogP contribution in [0.3, 0.4) is 0 Å². The molecular formula is C12H17N3. The van der Waals surface area contributed by atoms with Crippen LogP contribution >= 0.6 is 0 Å². The van der Waals surface area contributed by atoms with Gasteiger partial charge in [-0.2, -0.15) is 0 Å². The van der Waals surface area contributed by atoms with Crippen molar-refractivity contribution < 1.29 is 0 Å². The van der Waals surface area contributed by atoms with Crippen molar-refractivity contribution in [3.8, 4) is 0 Å². The van der Waals surface area contributed by atoms with Crippen molar-refractivity contribution in [1.29, 1.82) is 0 Å². The molecule has 0 radical (unpaired) electrons. The van der Waals surface area contributed by atoms with Crippen LogP contribution in [0.1, 0.15) is 31.2 Å². The van der Waals surface area contributed by atoms with E-state index in [0.717, 1.165) is 18.2 Å². The smallest absolute Gasteiger partial charge is 0.0499 e. The van der Waals surface area contributed by atoms with E-state index in [-0.39, 0.29) is 5.54 Å². The number of nitrogens with two attached hydrogens (primary N) is 1. The number of pyridine rings is 1. The summed E-state index contributed by atoms with van der Waals surface area (Å²) in [5.74, 6) is 0.784. The van der Waals surface area contributed by atoms with Crippen LogP contribution in [0, 0.1) is 5.92 Å². The lowest BCUT2D eigenvalue weighted by atomic mass is 9.83. The van der Waals surface area contributed by atoms with Crippen molar-refractivity contribution in [3.63, 3.8) is 0 Å². The van der Waals surface area contributed by atoms with E-state index in [0.29, 0.717) is 0 Å². The molecule has 3 nitrogen and oxygen atoms in total. The van der Waals surface area contributed by atoms with Crippen LogP contribution in [0.5, 0.6) is 0 Å². The first-order valence-electron chi connectivity index (χ1n) is 5.78. The summed E-state index contributed by atoms with van der Waals surface area (Å²) in [6.45, 7) is 1.12. The molecule has 1 aromatic rings. The van der Waals surface area contributed by atoms with E-state index < -0.39 is 0 Å². The zero-order chi connectivity index (χ0) is 10.3. The van der Waals surface area contributed by atoms with Gasteiger partial charge in [-0.25, -0.2) is 0 Å². The van der Waals surface area contributed by atoms with Crippen LogP contribution in [-0.2, 0) is 5.54 Å². The number of nitrogens with zero attached hydrogens (tertiary/aromatic N) is 1. The number of nitrogens with one attached hydrogen (secondary N) is 1. The van der Waals surface area contributed by atoms with Crippen LogP contribution in [0.2, 0.25) is 0 Å². The molecule has 1 aromatic heterocycles. The van der Waals surface area contributed by atoms with Crippen molar-refractivity contribution in [2.45, 2.75) is 31.2 Å². The van der Waals surface area contributed by atoms with Crippen molar-refractivity contribution in [1.82, 2.24) is 10.3 Å². The second-order valence-electron chi connectivity index (χ2n) is 4.74. The molecule has 0 amide bonds. The fraction of sp³-hybridized carbons (Fsp3) is 0.583. The van der Waals surface area contributed by atoms with E-state index in [1.54, 1.807) is 6.20 Å². The molecule has 1 aliphatic heterocycles. The first-order chi connectivity index (χ1) is 7.33. The normalized spacial score (nSPS) is 30.7. The second kappa shape index (κ2) is 3.20. The van der Waals surface area contributed by atoms with Crippen LogP contribution in [0.15, 0.2) is 18.5 Å². The Labute approximate surface area is 90.1 Å². The van der Waals surface area contributed by atoms with Crippen LogP contribution in [0.4, 0.5) is 5.69 Å². The number of anilines is 1. The van der Waals surface area contributed by atoms with Gasteiger partial charge in [0.1, 0.15) is 0 Å². The highest BCUT2D eigenvalue weighted by Gasteiger charge is 2.48. The maximum absolute atomic E-state index is 6.07. The molecule has 0 spiro atoms. The summed E-state index contributed by atoms with van der Waals surface area (Å²) in [4.78, 5) is 4.23. The Bertz CT molecular complexity index is 365. The topological polar surface area (TPSA) is 50.9 Å². The van der Waals surface area contributed by atoms with Gasteiger partial charge in [0.25, 0.3) is 0 Å². The zero-order valence-corrected chi connectivity index (χ0v) is 8.87. The van der Waals surface area contributed by atoms with Crippen molar-refractivity contribution >= 4 is 5.69 Å². The molecule has 3 heteroatoms. The predicted molar refractivity (Wildman–Crippen MR) is 60.3 cm³/mol. The maximum Gasteiger partial charge on any atom is 0.0499 e. The van der Waals surface area contributed by atoms with E-state index in [1.165, 1.54) is 31.2 Å². The van der Waals surface area contributed by atoms with Gasteiger partial charge in [0, 0.05) is 29.2 Å². The molecule has 15 heavy (non-hydrogen) atoms. The van der Waals surface area contributed by atoms with Gasteiger partial charge in [0.2, 0.25) is 0 Å². The molecule has 2 fully saturated rings. The molecule has 1 saturated heterocycles. The van der Waals surface area contributed by atoms with Gasteiger partial charge in [-0.1, -0.05) is 0 Å². The summed E-state index contributed by atoms with van der Waals surface area (Å²) in [6.07, 6.45) is 8.86. The number of rotatable bonds is 2. The number of aromatic nitrogens is 1. The molecule has 1 atom stereocenters. The lowest BCUT2D eigenvalue weighted by Crippen LogP contribution is -2.39. The second-order valence-corrected chi connectivity index (χ2v) is 4.74. The van der Waals surface area contributed by atoms with E-state index in [1.807, 2.05) is 12.3 Å². The van der Waals surface area contributed by atoms with Gasteiger partial charge in [0.15, 0.2) is 0 Å². The third kappa shape index (κ3) is 1.34. The lowest BCUT2D eigenvalue weighted by Gasteiger charge is -2.31. The lowest BCUT2D eigenvalue weighted by molar-refractivity contribution is 0.336. The van der Waals surface area contributed by atoms with E-state index >= 15 is 0 Å². The summed E-state index contributed by atoms with van der Waals surface area (Å²) in [5, 5.41) is 3.67. The molecular weight excluding hydrogens is 186 g/mol. The fourth-order valence-corrected chi connectivity index (χ4v) is 2.92. The molecule has 1 aliphatic carbocycles. The quantitative estimate of drug-likeness (QED) is 0.768. The standard InChI is InChI=1S/C12H17N3/c13-11-4-7-14-8-10(11)12(9-2-3-9)5-1-6-15-12/h4,7-9,15H,1-3,5-6H2,(H2,13,14). The Morgan fingerprint density at radius 2 is 2.33 bits per heavy atom. The number of hydrogen-bond acceptors (Lipinski definition) is 3. The minimum Gasteiger partial charge on any atom is -0.398 e. The minimum atomic E-state index is 0.151. The summed E-state index contributed by atoms with van der Waals surface area (Å²) < 4.78 is 0. The van der Waals surface area contributed by atoms with E-state index in [2.05, 4.69) is 10.3 Å². The van der Waals surface area contributed by atoms with Crippen LogP contribution < -0.4 is 11.1 Å². The Balaban J connectivity index is 2.05. The van der Waals surface area contributed by atoms with E-state index in [4.69, 9.17) is 5.73 Å². The molecule has 1 unspecified atom stereocenters. The third-order valence-electron chi connectivity index (χ3n) is 3.80. The Morgan fingerprint density at radius 3 is 2.93 bits per heavy atom. The fourth-order valence-electron chi connectivity index (χ4n) is 2.92. The Morgan fingerprint density at radius 1 is 1.47 bits per heavy atom. The monoisotopic (exact) mass is 203 g/mol. The zero-order valence-electron chi connectivity index (χ0n) is 8.87. The molecule has 3 rings (SSSR count). The highest BCUT2D eigenvalue weighted by molar-refractivity contribution is 5.50. The molecule has 1 saturated carbocycles. The largest absolute Gasteiger partial charge is 0.398 e. The first-order valence-corrected chi connectivity index (χ1v) is 5.78. The van der Waals surface area contributed by atoms with Crippen molar-refractivity contribution in [2.24, 2.45) is 5.92 Å². The number of hydrogen-bond donors (Lipinski definition) is 2. The average Bonchev–Trinajstić information content (AvgIpc) is 3.00. The van der Waals surface area contributed by atoms with Crippen LogP contribution in [0.25, 0.3) is 0 Å². The molecule has 0 aromatic carbocycles. The van der Waals surface area contributed by atoms with Gasteiger partial charge in [-0.05, 0) is 44.2 Å². The average molecular weight is 203 g/mol. The molecule has 0 bridgehead atoms. The van der Waals surface area contributed by atoms with Crippen molar-refractivity contribution in [3.05, 3.63) is 24.0 Å². The maximum atomic E-state index is 6.07. The molecule has 2 aliphatic rings. The minimum absolute atomic E-state index is 0.151.